The molecule has 2 rings (SSSR count). The van der Waals surface area contributed by atoms with Crippen LogP contribution in [-0.4, -0.2) is 12.1 Å². The molecule has 17 heavy (non-hydrogen) atoms. The Morgan fingerprint density at radius 1 is 1.06 bits per heavy atom. The minimum Gasteiger partial charge on any atom is -0.497 e. The van der Waals surface area contributed by atoms with Crippen molar-refractivity contribution in [2.24, 2.45) is 0 Å². The van der Waals surface area contributed by atoms with Crippen molar-refractivity contribution in [3.05, 3.63) is 48.3 Å². The van der Waals surface area contributed by atoms with Gasteiger partial charge in [0.05, 0.1) is 7.11 Å². The summed E-state index contributed by atoms with van der Waals surface area (Å²) in [6.07, 6.45) is -1.16. The smallest absolute Gasteiger partial charge is 0.280 e. The van der Waals surface area contributed by atoms with Crippen LogP contribution >= 0.6 is 0 Å². The number of aromatic nitrogens is 1. The molecule has 1 heterocycles. The maximum absolute atomic E-state index is 12.5. The Hall–Kier alpha value is -1.97. The minimum absolute atomic E-state index is 0.210. The van der Waals surface area contributed by atoms with E-state index in [1.165, 1.54) is 12.3 Å². The highest BCUT2D eigenvalue weighted by Crippen LogP contribution is 2.25. The molecule has 0 saturated heterocycles. The molecule has 2 aromatic rings. The lowest BCUT2D eigenvalue weighted by Gasteiger charge is -2.05. The first-order valence-electron chi connectivity index (χ1n) is 5.09. The van der Waals surface area contributed by atoms with Crippen LogP contribution in [0.15, 0.2) is 42.6 Å². The lowest BCUT2D eigenvalue weighted by molar-refractivity contribution is 0.146. The highest BCUT2D eigenvalue weighted by Gasteiger charge is 2.09. The number of alkyl halides is 2. The third-order valence-corrected chi connectivity index (χ3v) is 2.43. The van der Waals surface area contributed by atoms with E-state index in [9.17, 15) is 8.78 Å². The number of pyridine rings is 1. The van der Waals surface area contributed by atoms with E-state index in [2.05, 4.69) is 4.98 Å². The topological polar surface area (TPSA) is 22.1 Å². The molecule has 4 heteroatoms. The molecule has 0 saturated carbocycles. The molecular weight excluding hydrogens is 224 g/mol. The average molecular weight is 235 g/mol. The molecule has 0 N–H and O–H groups in total. The van der Waals surface area contributed by atoms with Crippen LogP contribution in [-0.2, 0) is 0 Å². The first kappa shape index (κ1) is 11.5. The number of rotatable bonds is 3. The predicted molar refractivity (Wildman–Crippen MR) is 61.2 cm³/mol. The molecule has 0 spiro atoms. The van der Waals surface area contributed by atoms with Crippen molar-refractivity contribution in [3.63, 3.8) is 0 Å². The molecule has 0 atom stereocenters. The van der Waals surface area contributed by atoms with E-state index in [0.717, 1.165) is 16.9 Å². The van der Waals surface area contributed by atoms with Gasteiger partial charge in [0.15, 0.2) is 0 Å². The Labute approximate surface area is 97.9 Å². The fourth-order valence-corrected chi connectivity index (χ4v) is 1.53. The van der Waals surface area contributed by atoms with Crippen LogP contribution in [0.2, 0.25) is 0 Å². The Balaban J connectivity index is 2.35. The van der Waals surface area contributed by atoms with Crippen molar-refractivity contribution in [3.8, 4) is 16.9 Å². The summed E-state index contributed by atoms with van der Waals surface area (Å²) in [5.74, 6) is 0.733. The number of benzene rings is 1. The zero-order valence-electron chi connectivity index (χ0n) is 9.23. The highest BCUT2D eigenvalue weighted by molar-refractivity contribution is 5.64. The first-order valence-corrected chi connectivity index (χ1v) is 5.09. The molecule has 0 aliphatic carbocycles. The standard InChI is InChI=1S/C13H11F2NO/c1-17-11-4-2-9(3-5-11)10-6-7-16-12(8-10)13(14)15/h2-8,13H,1H3. The Bertz CT molecular complexity index is 497. The van der Waals surface area contributed by atoms with Gasteiger partial charge in [-0.05, 0) is 35.4 Å². The van der Waals surface area contributed by atoms with E-state index in [-0.39, 0.29) is 5.69 Å². The average Bonchev–Trinajstić information content (AvgIpc) is 2.39. The van der Waals surface area contributed by atoms with Crippen LogP contribution in [0.25, 0.3) is 11.1 Å². The largest absolute Gasteiger partial charge is 0.497 e. The normalized spacial score (nSPS) is 10.6. The van der Waals surface area contributed by atoms with Gasteiger partial charge in [-0.15, -0.1) is 0 Å². The van der Waals surface area contributed by atoms with Gasteiger partial charge in [0, 0.05) is 6.20 Å². The number of nitrogens with zero attached hydrogens (tertiary/aromatic N) is 1. The quantitative estimate of drug-likeness (QED) is 0.809. The monoisotopic (exact) mass is 235 g/mol. The number of hydrogen-bond donors (Lipinski definition) is 0. The molecule has 0 amide bonds. The fourth-order valence-electron chi connectivity index (χ4n) is 1.53. The van der Waals surface area contributed by atoms with Gasteiger partial charge >= 0.3 is 0 Å². The lowest BCUT2D eigenvalue weighted by Crippen LogP contribution is -1.90. The van der Waals surface area contributed by atoms with E-state index < -0.39 is 6.43 Å². The number of halogens is 2. The van der Waals surface area contributed by atoms with Gasteiger partial charge in [-0.25, -0.2) is 8.78 Å². The van der Waals surface area contributed by atoms with Crippen molar-refractivity contribution in [2.45, 2.75) is 6.43 Å². The summed E-state index contributed by atoms with van der Waals surface area (Å²) in [4.78, 5) is 3.62. The summed E-state index contributed by atoms with van der Waals surface area (Å²) in [5.41, 5.74) is 1.37. The van der Waals surface area contributed by atoms with Crippen LogP contribution in [0.1, 0.15) is 12.1 Å². The van der Waals surface area contributed by atoms with Gasteiger partial charge in [-0.1, -0.05) is 12.1 Å². The van der Waals surface area contributed by atoms with Gasteiger partial charge in [-0.2, -0.15) is 0 Å². The molecule has 0 aliphatic rings. The third-order valence-electron chi connectivity index (χ3n) is 2.43. The molecule has 88 valence electrons. The lowest BCUT2D eigenvalue weighted by atomic mass is 10.1. The summed E-state index contributed by atoms with van der Waals surface area (Å²) in [5, 5.41) is 0. The zero-order chi connectivity index (χ0) is 12.3. The van der Waals surface area contributed by atoms with Crippen LogP contribution < -0.4 is 4.74 Å². The van der Waals surface area contributed by atoms with Crippen molar-refractivity contribution in [2.75, 3.05) is 7.11 Å². The summed E-state index contributed by atoms with van der Waals surface area (Å²) >= 11 is 0. The van der Waals surface area contributed by atoms with Gasteiger partial charge in [0.1, 0.15) is 11.4 Å². The maximum Gasteiger partial charge on any atom is 0.280 e. The molecule has 1 aromatic carbocycles. The van der Waals surface area contributed by atoms with Crippen molar-refractivity contribution >= 4 is 0 Å². The van der Waals surface area contributed by atoms with Crippen LogP contribution in [0.5, 0.6) is 5.75 Å². The van der Waals surface area contributed by atoms with Crippen LogP contribution in [0, 0.1) is 0 Å². The highest BCUT2D eigenvalue weighted by atomic mass is 19.3. The fraction of sp³-hybridized carbons (Fsp3) is 0.154. The SMILES string of the molecule is COc1ccc(-c2ccnc(C(F)F)c2)cc1. The summed E-state index contributed by atoms with van der Waals surface area (Å²) in [7, 11) is 1.58. The number of hydrogen-bond acceptors (Lipinski definition) is 2. The van der Waals surface area contributed by atoms with E-state index in [0.29, 0.717) is 0 Å². The Morgan fingerprint density at radius 2 is 1.76 bits per heavy atom. The maximum atomic E-state index is 12.5. The van der Waals surface area contributed by atoms with Crippen molar-refractivity contribution in [1.29, 1.82) is 0 Å². The Kier molecular flexibility index (Phi) is 3.32. The second-order valence-electron chi connectivity index (χ2n) is 3.50. The second kappa shape index (κ2) is 4.91. The van der Waals surface area contributed by atoms with Crippen molar-refractivity contribution < 1.29 is 13.5 Å². The van der Waals surface area contributed by atoms with E-state index in [1.54, 1.807) is 25.3 Å². The van der Waals surface area contributed by atoms with Gasteiger partial charge in [-0.3, -0.25) is 4.98 Å². The minimum atomic E-state index is -2.55. The number of methoxy groups -OCH3 is 1. The first-order chi connectivity index (χ1) is 8.20. The molecular formula is C13H11F2NO. The Morgan fingerprint density at radius 3 is 2.35 bits per heavy atom. The van der Waals surface area contributed by atoms with Gasteiger partial charge in [0.2, 0.25) is 0 Å². The van der Waals surface area contributed by atoms with E-state index in [4.69, 9.17) is 4.74 Å². The molecule has 1 aromatic heterocycles. The van der Waals surface area contributed by atoms with Crippen molar-refractivity contribution in [1.82, 2.24) is 4.98 Å². The molecule has 2 nitrogen and oxygen atoms in total. The van der Waals surface area contributed by atoms with Crippen LogP contribution in [0.3, 0.4) is 0 Å². The second-order valence-corrected chi connectivity index (χ2v) is 3.50. The molecule has 0 aliphatic heterocycles. The molecule has 0 radical (unpaired) electrons. The zero-order valence-corrected chi connectivity index (χ0v) is 9.23. The predicted octanol–water partition coefficient (Wildman–Crippen LogP) is 3.69. The summed E-state index contributed by atoms with van der Waals surface area (Å²) in [6, 6.07) is 10.3. The van der Waals surface area contributed by atoms with Gasteiger partial charge < -0.3 is 4.74 Å². The molecule has 0 unspecified atom stereocenters. The molecule has 0 bridgehead atoms. The third kappa shape index (κ3) is 2.58. The van der Waals surface area contributed by atoms with Crippen LogP contribution in [0.4, 0.5) is 8.78 Å². The van der Waals surface area contributed by atoms with Gasteiger partial charge in [0.25, 0.3) is 6.43 Å². The van der Waals surface area contributed by atoms with E-state index in [1.807, 2.05) is 12.1 Å². The van der Waals surface area contributed by atoms with E-state index >= 15 is 0 Å². The summed E-state index contributed by atoms with van der Waals surface area (Å²) in [6.45, 7) is 0. The summed E-state index contributed by atoms with van der Waals surface area (Å²) < 4.78 is 30.0. The molecule has 0 fully saturated rings. The number of ether oxygens (including phenoxy) is 1.